The molecule has 29 heavy (non-hydrogen) atoms. The fraction of sp³-hybridized carbons (Fsp3) is 0.562. The van der Waals surface area contributed by atoms with Crippen molar-refractivity contribution in [2.45, 2.75) is 51.7 Å². The van der Waals surface area contributed by atoms with Crippen LogP contribution in [0.5, 0.6) is 0 Å². The van der Waals surface area contributed by atoms with E-state index in [-0.39, 0.29) is 34.0 Å². The van der Waals surface area contributed by atoms with E-state index in [2.05, 4.69) is 5.43 Å². The van der Waals surface area contributed by atoms with Crippen molar-refractivity contribution in [2.24, 2.45) is 0 Å². The van der Waals surface area contributed by atoms with Gasteiger partial charge in [0.2, 0.25) is 0 Å². The SMILES string of the molecule is Cc1c(CNNC(=O)O)sc2c1c(=O)n(CC(F)(F)F)c(=O)n2CC1CCCO1. The van der Waals surface area contributed by atoms with E-state index in [0.29, 0.717) is 23.5 Å². The minimum absolute atomic E-state index is 0.00428. The molecular formula is C16H19F3N4O5S. The van der Waals surface area contributed by atoms with Gasteiger partial charge in [0, 0.05) is 18.0 Å². The Labute approximate surface area is 165 Å². The molecule has 13 heteroatoms. The fourth-order valence-corrected chi connectivity index (χ4v) is 4.52. The molecule has 1 aliphatic rings. The number of alkyl halides is 3. The van der Waals surface area contributed by atoms with E-state index < -0.39 is 30.1 Å². The van der Waals surface area contributed by atoms with Gasteiger partial charge in [0.1, 0.15) is 11.4 Å². The van der Waals surface area contributed by atoms with E-state index in [0.717, 1.165) is 22.3 Å². The van der Waals surface area contributed by atoms with Crippen molar-refractivity contribution in [3.05, 3.63) is 31.3 Å². The van der Waals surface area contributed by atoms with Crippen molar-refractivity contribution in [2.75, 3.05) is 6.61 Å². The highest BCUT2D eigenvalue weighted by molar-refractivity contribution is 7.18. The maximum Gasteiger partial charge on any atom is 0.419 e. The molecule has 2 aromatic heterocycles. The predicted octanol–water partition coefficient (Wildman–Crippen LogP) is 1.55. The number of thiophene rings is 1. The molecule has 0 aliphatic carbocycles. The first-order valence-corrected chi connectivity index (χ1v) is 9.56. The average Bonchev–Trinajstić information content (AvgIpc) is 3.23. The van der Waals surface area contributed by atoms with Crippen LogP contribution in [0.15, 0.2) is 9.59 Å². The molecule has 0 bridgehead atoms. The Kier molecular flexibility index (Phi) is 6.00. The third kappa shape index (κ3) is 4.62. The van der Waals surface area contributed by atoms with Gasteiger partial charge in [-0.1, -0.05) is 0 Å². The smallest absolute Gasteiger partial charge is 0.419 e. The molecule has 1 fully saturated rings. The van der Waals surface area contributed by atoms with E-state index in [1.165, 1.54) is 0 Å². The Balaban J connectivity index is 2.14. The first-order valence-electron chi connectivity index (χ1n) is 8.74. The lowest BCUT2D eigenvalue weighted by molar-refractivity contribution is -0.142. The number of rotatable bonds is 6. The van der Waals surface area contributed by atoms with E-state index in [1.54, 1.807) is 6.92 Å². The summed E-state index contributed by atoms with van der Waals surface area (Å²) in [5, 5.41) is 8.66. The van der Waals surface area contributed by atoms with Gasteiger partial charge in [-0.3, -0.25) is 19.4 Å². The lowest BCUT2D eigenvalue weighted by Crippen LogP contribution is -2.44. The Morgan fingerprint density at radius 1 is 1.34 bits per heavy atom. The second-order valence-electron chi connectivity index (χ2n) is 6.65. The van der Waals surface area contributed by atoms with Crippen molar-refractivity contribution >= 4 is 27.6 Å². The highest BCUT2D eigenvalue weighted by Crippen LogP contribution is 2.29. The van der Waals surface area contributed by atoms with Crippen LogP contribution in [0.4, 0.5) is 18.0 Å². The number of aromatic nitrogens is 2. The van der Waals surface area contributed by atoms with E-state index >= 15 is 0 Å². The molecule has 1 saturated heterocycles. The average molecular weight is 436 g/mol. The van der Waals surface area contributed by atoms with Crippen LogP contribution in [0.25, 0.3) is 10.2 Å². The van der Waals surface area contributed by atoms with E-state index in [9.17, 15) is 27.6 Å². The number of carboxylic acid groups (broad SMARTS) is 1. The normalized spacial score (nSPS) is 17.2. The molecule has 3 N–H and O–H groups in total. The summed E-state index contributed by atoms with van der Waals surface area (Å²) >= 11 is 1.06. The highest BCUT2D eigenvalue weighted by atomic mass is 32.1. The molecule has 1 amide bonds. The van der Waals surface area contributed by atoms with Crippen LogP contribution in [0, 0.1) is 6.92 Å². The number of carbonyl (C=O) groups is 1. The molecule has 2 aromatic rings. The van der Waals surface area contributed by atoms with Gasteiger partial charge in [0.05, 0.1) is 18.0 Å². The van der Waals surface area contributed by atoms with Crippen molar-refractivity contribution in [3.63, 3.8) is 0 Å². The van der Waals surface area contributed by atoms with Gasteiger partial charge in [0.15, 0.2) is 0 Å². The lowest BCUT2D eigenvalue weighted by atomic mass is 10.2. The van der Waals surface area contributed by atoms with Gasteiger partial charge < -0.3 is 9.84 Å². The molecule has 1 aliphatic heterocycles. The van der Waals surface area contributed by atoms with Crippen LogP contribution in [0.1, 0.15) is 23.3 Å². The number of aryl methyl sites for hydroxylation is 1. The third-order valence-electron chi connectivity index (χ3n) is 4.58. The summed E-state index contributed by atoms with van der Waals surface area (Å²) in [7, 11) is 0. The summed E-state index contributed by atoms with van der Waals surface area (Å²) in [6, 6.07) is 0. The van der Waals surface area contributed by atoms with Gasteiger partial charge in [-0.05, 0) is 25.3 Å². The van der Waals surface area contributed by atoms with Gasteiger partial charge >= 0.3 is 18.0 Å². The predicted molar refractivity (Wildman–Crippen MR) is 98.1 cm³/mol. The number of hydrazine groups is 1. The molecular weight excluding hydrogens is 417 g/mol. The molecule has 9 nitrogen and oxygen atoms in total. The monoisotopic (exact) mass is 436 g/mol. The summed E-state index contributed by atoms with van der Waals surface area (Å²) in [5.74, 6) is 0. The molecule has 1 unspecified atom stereocenters. The minimum Gasteiger partial charge on any atom is -0.464 e. The zero-order valence-electron chi connectivity index (χ0n) is 15.3. The van der Waals surface area contributed by atoms with Crippen LogP contribution in [-0.2, 0) is 24.4 Å². The first-order chi connectivity index (χ1) is 13.6. The van der Waals surface area contributed by atoms with Gasteiger partial charge in [-0.2, -0.15) is 13.2 Å². The topological polar surface area (TPSA) is 115 Å². The second kappa shape index (κ2) is 8.16. The number of nitrogens with zero attached hydrogens (tertiary/aromatic N) is 2. The van der Waals surface area contributed by atoms with Gasteiger partial charge in [-0.25, -0.2) is 15.0 Å². The number of hydrogen-bond acceptors (Lipinski definition) is 6. The van der Waals surface area contributed by atoms with Crippen LogP contribution in [0.2, 0.25) is 0 Å². The van der Waals surface area contributed by atoms with Crippen molar-refractivity contribution in [1.82, 2.24) is 20.0 Å². The fourth-order valence-electron chi connectivity index (χ4n) is 3.28. The number of nitrogens with one attached hydrogen (secondary N) is 2. The maximum atomic E-state index is 13.0. The standard InChI is InChI=1S/C16H19F3N4O5S/c1-8-10(5-20-21-14(25)26)29-13-11(8)12(24)23(7-16(17,18)19)15(27)22(13)6-9-3-2-4-28-9/h9,20-21H,2-7H2,1H3,(H,25,26). The molecule has 1 atom stereocenters. The van der Waals surface area contributed by atoms with E-state index in [1.807, 2.05) is 5.43 Å². The summed E-state index contributed by atoms with van der Waals surface area (Å²) in [5.41, 5.74) is 2.74. The minimum atomic E-state index is -4.74. The number of ether oxygens (including phenoxy) is 1. The quantitative estimate of drug-likeness (QED) is 0.592. The Hall–Kier alpha value is -2.38. The molecule has 3 heterocycles. The maximum absolute atomic E-state index is 13.0. The molecule has 3 rings (SSSR count). The van der Waals surface area contributed by atoms with Crippen LogP contribution in [-0.4, -0.2) is 39.2 Å². The summed E-state index contributed by atoms with van der Waals surface area (Å²) < 4.78 is 45.8. The summed E-state index contributed by atoms with van der Waals surface area (Å²) in [6.07, 6.45) is -4.94. The number of fused-ring (bicyclic) bond motifs is 1. The number of halogens is 3. The highest BCUT2D eigenvalue weighted by Gasteiger charge is 2.32. The second-order valence-corrected chi connectivity index (χ2v) is 7.73. The Morgan fingerprint density at radius 2 is 2.07 bits per heavy atom. The van der Waals surface area contributed by atoms with Crippen molar-refractivity contribution < 1.29 is 27.8 Å². The summed E-state index contributed by atoms with van der Waals surface area (Å²) in [6.45, 7) is 0.411. The third-order valence-corrected chi connectivity index (χ3v) is 5.90. The summed E-state index contributed by atoms with van der Waals surface area (Å²) in [4.78, 5) is 36.8. The first kappa shape index (κ1) is 21.3. The molecule has 0 spiro atoms. The van der Waals surface area contributed by atoms with Gasteiger partial charge in [-0.15, -0.1) is 11.3 Å². The van der Waals surface area contributed by atoms with Crippen molar-refractivity contribution in [1.29, 1.82) is 0 Å². The zero-order chi connectivity index (χ0) is 21.3. The van der Waals surface area contributed by atoms with Crippen LogP contribution in [0.3, 0.4) is 0 Å². The largest absolute Gasteiger partial charge is 0.464 e. The Bertz CT molecular complexity index is 1040. The Morgan fingerprint density at radius 3 is 2.66 bits per heavy atom. The number of amides is 1. The number of hydrogen-bond donors (Lipinski definition) is 3. The lowest BCUT2D eigenvalue weighted by Gasteiger charge is -2.16. The van der Waals surface area contributed by atoms with Gasteiger partial charge in [0.25, 0.3) is 5.56 Å². The molecule has 0 radical (unpaired) electrons. The van der Waals surface area contributed by atoms with Crippen molar-refractivity contribution in [3.8, 4) is 0 Å². The molecule has 160 valence electrons. The zero-order valence-corrected chi connectivity index (χ0v) is 16.2. The van der Waals surface area contributed by atoms with Crippen LogP contribution < -0.4 is 22.1 Å². The van der Waals surface area contributed by atoms with Crippen LogP contribution >= 0.6 is 11.3 Å². The molecule has 0 aromatic carbocycles. The van der Waals surface area contributed by atoms with E-state index in [4.69, 9.17) is 9.84 Å². The molecule has 0 saturated carbocycles.